The Morgan fingerprint density at radius 2 is 2.16 bits per heavy atom. The van der Waals surface area contributed by atoms with E-state index < -0.39 is 0 Å². The maximum absolute atomic E-state index is 6.43. The molecular weight excluding hydrogens is 279 g/mol. The Morgan fingerprint density at radius 1 is 1.37 bits per heavy atom. The highest BCUT2D eigenvalue weighted by Gasteiger charge is 2.28. The summed E-state index contributed by atoms with van der Waals surface area (Å²) in [6.45, 7) is 5.80. The Hall–Kier alpha value is -0.540. The summed E-state index contributed by atoms with van der Waals surface area (Å²) in [5.41, 5.74) is 7.48. The number of likely N-dealkylation sites (tertiary alicyclic amines) is 1. The Morgan fingerprint density at radius 3 is 2.84 bits per heavy atom. The normalized spacial score (nSPS) is 22.2. The fourth-order valence-electron chi connectivity index (χ4n) is 2.76. The molecule has 1 unspecified atom stereocenters. The standard InChI is InChI=1S/C15H20Cl2N2/c1-2-8-19-9-4-3-5-14(19)15(18)11-6-7-12(16)13(17)10-11/h2,6-7,10,14-15H,1,3-5,8-9,18H2/t14-,15?/m0/s1. The SMILES string of the molecule is C=CCN1CCCC[C@H]1C(N)c1ccc(Cl)c(Cl)c1. The minimum absolute atomic E-state index is 0.0324. The van der Waals surface area contributed by atoms with Gasteiger partial charge in [0.25, 0.3) is 0 Å². The fourth-order valence-corrected chi connectivity index (χ4v) is 3.06. The Bertz CT molecular complexity index is 448. The van der Waals surface area contributed by atoms with Crippen LogP contribution in [0.1, 0.15) is 30.9 Å². The van der Waals surface area contributed by atoms with E-state index >= 15 is 0 Å². The predicted octanol–water partition coefficient (Wildman–Crippen LogP) is 4.03. The summed E-state index contributed by atoms with van der Waals surface area (Å²) in [5.74, 6) is 0. The monoisotopic (exact) mass is 298 g/mol. The number of halogens is 2. The summed E-state index contributed by atoms with van der Waals surface area (Å²) in [7, 11) is 0. The molecular formula is C15H20Cl2N2. The zero-order valence-corrected chi connectivity index (χ0v) is 12.5. The van der Waals surface area contributed by atoms with E-state index in [2.05, 4.69) is 11.5 Å². The van der Waals surface area contributed by atoms with Crippen molar-refractivity contribution in [3.05, 3.63) is 46.5 Å². The van der Waals surface area contributed by atoms with Gasteiger partial charge in [0.1, 0.15) is 0 Å². The molecule has 1 aromatic carbocycles. The van der Waals surface area contributed by atoms with Crippen molar-refractivity contribution in [2.24, 2.45) is 5.73 Å². The second kappa shape index (κ2) is 6.76. The van der Waals surface area contributed by atoms with Gasteiger partial charge in [-0.25, -0.2) is 0 Å². The third-order valence-corrected chi connectivity index (χ3v) is 4.51. The molecule has 1 aromatic rings. The van der Waals surface area contributed by atoms with Crippen molar-refractivity contribution in [3.8, 4) is 0 Å². The van der Waals surface area contributed by atoms with Crippen molar-refractivity contribution in [2.75, 3.05) is 13.1 Å². The van der Waals surface area contributed by atoms with Gasteiger partial charge in [-0.05, 0) is 37.1 Å². The lowest BCUT2D eigenvalue weighted by Gasteiger charge is -2.38. The smallest absolute Gasteiger partial charge is 0.0595 e. The van der Waals surface area contributed by atoms with Gasteiger partial charge >= 0.3 is 0 Å². The molecule has 4 heteroatoms. The molecule has 0 radical (unpaired) electrons. The quantitative estimate of drug-likeness (QED) is 0.850. The maximum atomic E-state index is 6.43. The summed E-state index contributed by atoms with van der Waals surface area (Å²) in [5, 5.41) is 1.14. The second-order valence-corrected chi connectivity index (χ2v) is 5.86. The van der Waals surface area contributed by atoms with Crippen LogP contribution in [0, 0.1) is 0 Å². The summed E-state index contributed by atoms with van der Waals surface area (Å²) < 4.78 is 0. The molecule has 1 heterocycles. The van der Waals surface area contributed by atoms with Crippen molar-refractivity contribution in [3.63, 3.8) is 0 Å². The minimum Gasteiger partial charge on any atom is -0.323 e. The number of piperidine rings is 1. The van der Waals surface area contributed by atoms with Crippen LogP contribution in [0.5, 0.6) is 0 Å². The van der Waals surface area contributed by atoms with Crippen LogP contribution in [0.15, 0.2) is 30.9 Å². The molecule has 2 atom stereocenters. The van der Waals surface area contributed by atoms with Gasteiger partial charge in [0.15, 0.2) is 0 Å². The predicted molar refractivity (Wildman–Crippen MR) is 82.8 cm³/mol. The van der Waals surface area contributed by atoms with Crippen LogP contribution >= 0.6 is 23.2 Å². The number of hydrogen-bond donors (Lipinski definition) is 1. The first-order valence-corrected chi connectivity index (χ1v) is 7.44. The number of nitrogens with two attached hydrogens (primary N) is 1. The molecule has 0 spiro atoms. The Balaban J connectivity index is 2.17. The third-order valence-electron chi connectivity index (χ3n) is 3.77. The first-order valence-electron chi connectivity index (χ1n) is 6.69. The molecule has 0 amide bonds. The van der Waals surface area contributed by atoms with Gasteiger partial charge < -0.3 is 5.73 Å². The topological polar surface area (TPSA) is 29.3 Å². The molecule has 0 aromatic heterocycles. The number of rotatable bonds is 4. The maximum Gasteiger partial charge on any atom is 0.0595 e. The van der Waals surface area contributed by atoms with Gasteiger partial charge in [0.05, 0.1) is 10.0 Å². The number of benzene rings is 1. The lowest BCUT2D eigenvalue weighted by Crippen LogP contribution is -2.45. The van der Waals surface area contributed by atoms with E-state index in [-0.39, 0.29) is 6.04 Å². The minimum atomic E-state index is -0.0324. The highest BCUT2D eigenvalue weighted by Crippen LogP contribution is 2.30. The van der Waals surface area contributed by atoms with Crippen LogP contribution in [-0.2, 0) is 0 Å². The van der Waals surface area contributed by atoms with Crippen molar-refractivity contribution in [1.29, 1.82) is 0 Å². The van der Waals surface area contributed by atoms with E-state index in [9.17, 15) is 0 Å². The van der Waals surface area contributed by atoms with Crippen molar-refractivity contribution >= 4 is 23.2 Å². The molecule has 104 valence electrons. The van der Waals surface area contributed by atoms with E-state index in [1.165, 1.54) is 12.8 Å². The molecule has 2 rings (SSSR count). The molecule has 19 heavy (non-hydrogen) atoms. The van der Waals surface area contributed by atoms with E-state index in [0.717, 1.165) is 25.1 Å². The highest BCUT2D eigenvalue weighted by atomic mass is 35.5. The summed E-state index contributed by atoms with van der Waals surface area (Å²) in [6, 6.07) is 5.99. The van der Waals surface area contributed by atoms with E-state index in [0.29, 0.717) is 16.1 Å². The zero-order chi connectivity index (χ0) is 13.8. The van der Waals surface area contributed by atoms with E-state index in [1.807, 2.05) is 24.3 Å². The average molecular weight is 299 g/mol. The molecule has 1 saturated heterocycles. The fraction of sp³-hybridized carbons (Fsp3) is 0.467. The van der Waals surface area contributed by atoms with Crippen LogP contribution < -0.4 is 5.73 Å². The first-order chi connectivity index (χ1) is 9.13. The molecule has 1 aliphatic rings. The molecule has 1 fully saturated rings. The van der Waals surface area contributed by atoms with Crippen molar-refractivity contribution < 1.29 is 0 Å². The van der Waals surface area contributed by atoms with Crippen molar-refractivity contribution in [2.45, 2.75) is 31.3 Å². The number of hydrogen-bond acceptors (Lipinski definition) is 2. The van der Waals surface area contributed by atoms with Crippen molar-refractivity contribution in [1.82, 2.24) is 4.90 Å². The Labute approximate surface area is 125 Å². The van der Waals surface area contributed by atoms with Crippen LogP contribution in [-0.4, -0.2) is 24.0 Å². The zero-order valence-electron chi connectivity index (χ0n) is 11.0. The van der Waals surface area contributed by atoms with Gasteiger partial charge in [0, 0.05) is 18.6 Å². The van der Waals surface area contributed by atoms with Gasteiger partial charge in [0.2, 0.25) is 0 Å². The molecule has 2 nitrogen and oxygen atoms in total. The molecule has 1 aliphatic heterocycles. The molecule has 2 N–H and O–H groups in total. The van der Waals surface area contributed by atoms with Crippen LogP contribution in [0.2, 0.25) is 10.0 Å². The van der Waals surface area contributed by atoms with Crippen LogP contribution in [0.3, 0.4) is 0 Å². The van der Waals surface area contributed by atoms with E-state index in [1.54, 1.807) is 0 Å². The Kier molecular flexibility index (Phi) is 5.28. The molecule has 0 saturated carbocycles. The first kappa shape index (κ1) is 14.9. The average Bonchev–Trinajstić information content (AvgIpc) is 2.42. The third kappa shape index (κ3) is 3.51. The van der Waals surface area contributed by atoms with Crippen LogP contribution in [0.25, 0.3) is 0 Å². The summed E-state index contributed by atoms with van der Waals surface area (Å²) >= 11 is 12.0. The lowest BCUT2D eigenvalue weighted by atomic mass is 9.91. The number of nitrogens with zero attached hydrogens (tertiary/aromatic N) is 1. The lowest BCUT2D eigenvalue weighted by molar-refractivity contribution is 0.141. The van der Waals surface area contributed by atoms with Gasteiger partial charge in [-0.3, -0.25) is 4.90 Å². The van der Waals surface area contributed by atoms with Gasteiger partial charge in [-0.2, -0.15) is 0 Å². The molecule has 0 aliphatic carbocycles. The highest BCUT2D eigenvalue weighted by molar-refractivity contribution is 6.42. The van der Waals surface area contributed by atoms with Gasteiger partial charge in [-0.15, -0.1) is 6.58 Å². The summed E-state index contributed by atoms with van der Waals surface area (Å²) in [6.07, 6.45) is 5.53. The largest absolute Gasteiger partial charge is 0.323 e. The van der Waals surface area contributed by atoms with Crippen LogP contribution in [0.4, 0.5) is 0 Å². The van der Waals surface area contributed by atoms with E-state index in [4.69, 9.17) is 28.9 Å². The molecule has 0 bridgehead atoms. The van der Waals surface area contributed by atoms with Gasteiger partial charge in [-0.1, -0.05) is 41.8 Å². The summed E-state index contributed by atoms with van der Waals surface area (Å²) in [4.78, 5) is 2.41. The second-order valence-electron chi connectivity index (χ2n) is 5.05.